The van der Waals surface area contributed by atoms with Crippen molar-refractivity contribution in [3.8, 4) is 112 Å². The van der Waals surface area contributed by atoms with Gasteiger partial charge in [-0.05, 0) is 125 Å². The van der Waals surface area contributed by atoms with E-state index in [4.69, 9.17) is 26.5 Å². The lowest BCUT2D eigenvalue weighted by Gasteiger charge is -2.21. The van der Waals surface area contributed by atoms with Crippen molar-refractivity contribution in [1.82, 2.24) is 29.1 Å². The Morgan fingerprint density at radius 2 is 0.593 bits per heavy atom. The summed E-state index contributed by atoms with van der Waals surface area (Å²) in [4.78, 5) is 28.4. The number of hydrogen-bond donors (Lipinski definition) is 0. The van der Waals surface area contributed by atoms with E-state index in [0.29, 0.717) is 17.1 Å². The van der Waals surface area contributed by atoms with Gasteiger partial charge in [-0.15, -0.1) is 0 Å². The molecule has 0 fully saturated rings. The standard InChI is InChI=1S/C83H52N8/c1-53-17-16-26-75(84-2)83(53)70-47-82(91-79-41-33-60(64-29-37-73(88-51-64)56-22-12-6-13-23-56)45-68(79)69-46-61(34-42-80(69)91)65-30-38-74(89-52-65)57-24-14-7-15-25-57)76(85-3)48-81(70)90-77-39-31-58(62-27-35-71(86-49-62)54-18-8-4-9-19-54)43-66(77)67-44-59(32-40-78(67)90)63-28-36-72(87-50-63)55-20-10-5-11-21-55/h4-52H,1H3. The van der Waals surface area contributed by atoms with Crippen LogP contribution < -0.4 is 0 Å². The average molecular weight is 1160 g/mol. The molecule has 0 radical (unpaired) electrons. The van der Waals surface area contributed by atoms with Crippen molar-refractivity contribution >= 4 is 55.0 Å². The van der Waals surface area contributed by atoms with Crippen molar-refractivity contribution < 1.29 is 0 Å². The van der Waals surface area contributed by atoms with E-state index in [1.807, 2.05) is 116 Å². The van der Waals surface area contributed by atoms with Crippen LogP contribution >= 0.6 is 0 Å². The molecule has 6 heterocycles. The number of benzene rings is 10. The Balaban J connectivity index is 0.911. The smallest absolute Gasteiger partial charge is 0.212 e. The van der Waals surface area contributed by atoms with Crippen molar-refractivity contribution in [3.63, 3.8) is 0 Å². The lowest BCUT2D eigenvalue weighted by atomic mass is 9.95. The number of hydrogen-bond acceptors (Lipinski definition) is 4. The van der Waals surface area contributed by atoms with Crippen LogP contribution in [-0.4, -0.2) is 29.1 Å². The lowest BCUT2D eigenvalue weighted by Crippen LogP contribution is -2.02. The van der Waals surface area contributed by atoms with Gasteiger partial charge in [-0.1, -0.05) is 194 Å². The van der Waals surface area contributed by atoms with E-state index < -0.39 is 0 Å². The highest BCUT2D eigenvalue weighted by molar-refractivity contribution is 6.14. The maximum atomic E-state index is 9.21. The molecule has 0 saturated heterocycles. The number of nitrogens with zero attached hydrogens (tertiary/aromatic N) is 8. The second-order valence-corrected chi connectivity index (χ2v) is 22.8. The molecule has 6 aromatic heterocycles. The number of rotatable bonds is 11. The van der Waals surface area contributed by atoms with Gasteiger partial charge in [0.1, 0.15) is 0 Å². The van der Waals surface area contributed by atoms with Gasteiger partial charge >= 0.3 is 0 Å². The van der Waals surface area contributed by atoms with Crippen molar-refractivity contribution in [2.45, 2.75) is 6.92 Å². The van der Waals surface area contributed by atoms with E-state index in [1.54, 1.807) is 0 Å². The molecule has 0 aliphatic carbocycles. The summed E-state index contributed by atoms with van der Waals surface area (Å²) in [5, 5.41) is 4.07. The average Bonchev–Trinajstić information content (AvgIpc) is 1.63. The Labute approximate surface area is 526 Å². The summed E-state index contributed by atoms with van der Waals surface area (Å²) in [6.07, 6.45) is 7.80. The second-order valence-electron chi connectivity index (χ2n) is 22.8. The predicted molar refractivity (Wildman–Crippen MR) is 372 cm³/mol. The Morgan fingerprint density at radius 3 is 0.901 bits per heavy atom. The Hall–Kier alpha value is -12.6. The molecule has 424 valence electrons. The number of pyridine rings is 4. The summed E-state index contributed by atoms with van der Waals surface area (Å²) in [6, 6.07) is 94.3. The van der Waals surface area contributed by atoms with Crippen LogP contribution in [0.5, 0.6) is 0 Å². The SMILES string of the molecule is [C-]#[N+]c1cc(-n2c3ccc(-c4ccc(-c5ccccc5)nc4)cc3c3cc(-c4ccc(-c5ccccc5)nc4)ccc32)c(-c2c(C)cccc2[N+]#[C-])cc1-n1c2ccc(-c3ccc(-c4ccccc4)nc3)cc2c2cc(-c3ccc(-c4ccccc4)nc3)ccc21. The van der Waals surface area contributed by atoms with Crippen molar-refractivity contribution in [3.05, 3.63) is 326 Å². The van der Waals surface area contributed by atoms with Crippen LogP contribution in [0, 0.1) is 20.1 Å². The molecule has 0 aliphatic heterocycles. The molecule has 10 aromatic carbocycles. The van der Waals surface area contributed by atoms with Crippen molar-refractivity contribution in [2.75, 3.05) is 0 Å². The monoisotopic (exact) mass is 1160 g/mol. The third-order valence-corrected chi connectivity index (χ3v) is 17.5. The van der Waals surface area contributed by atoms with Gasteiger partial charge in [0.15, 0.2) is 5.69 Å². The van der Waals surface area contributed by atoms with Crippen molar-refractivity contribution in [1.29, 1.82) is 0 Å². The zero-order valence-corrected chi connectivity index (χ0v) is 49.4. The fraction of sp³-hybridized carbons (Fsp3) is 0.0120. The molecule has 0 spiro atoms. The maximum Gasteiger partial charge on any atom is 0.212 e. The fourth-order valence-corrected chi connectivity index (χ4v) is 13.0. The molecule has 8 nitrogen and oxygen atoms in total. The van der Waals surface area contributed by atoms with Gasteiger partial charge < -0.3 is 9.13 Å². The summed E-state index contributed by atoms with van der Waals surface area (Å²) in [5.41, 5.74) is 24.6. The first-order chi connectivity index (χ1) is 44.9. The zero-order valence-electron chi connectivity index (χ0n) is 49.4. The summed E-state index contributed by atoms with van der Waals surface area (Å²) in [5.74, 6) is 0. The maximum absolute atomic E-state index is 9.21. The largest absolute Gasteiger partial charge is 0.319 e. The van der Waals surface area contributed by atoms with Crippen LogP contribution in [0.3, 0.4) is 0 Å². The molecule has 8 heteroatoms. The van der Waals surface area contributed by atoms with Crippen LogP contribution in [-0.2, 0) is 0 Å². The first-order valence-corrected chi connectivity index (χ1v) is 30.2. The number of fused-ring (bicyclic) bond motifs is 6. The van der Waals surface area contributed by atoms with E-state index in [0.717, 1.165) is 156 Å². The highest BCUT2D eigenvalue weighted by atomic mass is 15.0. The van der Waals surface area contributed by atoms with Crippen LogP contribution in [0.1, 0.15) is 5.56 Å². The minimum Gasteiger partial charge on any atom is -0.319 e. The molecule has 0 amide bonds. The molecule has 0 unspecified atom stereocenters. The molecule has 0 N–H and O–H groups in total. The number of aromatic nitrogens is 6. The first-order valence-electron chi connectivity index (χ1n) is 30.2. The van der Waals surface area contributed by atoms with E-state index in [-0.39, 0.29) is 0 Å². The number of aryl methyl sites for hydroxylation is 1. The normalized spacial score (nSPS) is 11.3. The predicted octanol–water partition coefficient (Wildman–Crippen LogP) is 21.9. The van der Waals surface area contributed by atoms with Gasteiger partial charge in [0, 0.05) is 96.5 Å². The molecule has 16 aromatic rings. The van der Waals surface area contributed by atoms with E-state index in [2.05, 4.69) is 208 Å². The fourth-order valence-electron chi connectivity index (χ4n) is 13.0. The third kappa shape index (κ3) is 9.66. The van der Waals surface area contributed by atoms with Gasteiger partial charge in [-0.2, -0.15) is 0 Å². The quantitative estimate of drug-likeness (QED) is 0.121. The minimum absolute atomic E-state index is 0.447. The van der Waals surface area contributed by atoms with Gasteiger partial charge in [0.2, 0.25) is 5.69 Å². The van der Waals surface area contributed by atoms with E-state index >= 15 is 0 Å². The molecule has 0 aliphatic rings. The third-order valence-electron chi connectivity index (χ3n) is 17.5. The lowest BCUT2D eigenvalue weighted by molar-refractivity contribution is 1.15. The highest BCUT2D eigenvalue weighted by Crippen LogP contribution is 2.48. The van der Waals surface area contributed by atoms with E-state index in [9.17, 15) is 6.57 Å². The summed E-state index contributed by atoms with van der Waals surface area (Å²) in [7, 11) is 0. The van der Waals surface area contributed by atoms with Gasteiger partial charge in [0.05, 0.1) is 63.7 Å². The molecule has 0 bridgehead atoms. The summed E-state index contributed by atoms with van der Waals surface area (Å²) in [6.45, 7) is 20.0. The van der Waals surface area contributed by atoms with Crippen LogP contribution in [0.25, 0.3) is 165 Å². The highest BCUT2D eigenvalue weighted by Gasteiger charge is 2.25. The molecule has 0 saturated carbocycles. The molecule has 16 rings (SSSR count). The van der Waals surface area contributed by atoms with Crippen LogP contribution in [0.15, 0.2) is 298 Å². The van der Waals surface area contributed by atoms with Gasteiger partial charge in [-0.25, -0.2) is 9.69 Å². The van der Waals surface area contributed by atoms with Gasteiger partial charge in [0.25, 0.3) is 0 Å². The van der Waals surface area contributed by atoms with Gasteiger partial charge in [-0.3, -0.25) is 19.9 Å². The van der Waals surface area contributed by atoms with Crippen molar-refractivity contribution in [2.24, 2.45) is 0 Å². The van der Waals surface area contributed by atoms with Crippen LogP contribution in [0.2, 0.25) is 0 Å². The summed E-state index contributed by atoms with van der Waals surface area (Å²) < 4.78 is 4.53. The molecule has 91 heavy (non-hydrogen) atoms. The zero-order chi connectivity index (χ0) is 60.9. The van der Waals surface area contributed by atoms with Crippen LogP contribution in [0.4, 0.5) is 11.4 Å². The summed E-state index contributed by atoms with van der Waals surface area (Å²) >= 11 is 0. The molecular formula is C83H52N8. The molecule has 0 atom stereocenters. The Bertz CT molecular complexity index is 5270. The topological polar surface area (TPSA) is 70.1 Å². The first kappa shape index (κ1) is 53.8. The Morgan fingerprint density at radius 1 is 0.275 bits per heavy atom. The Kier molecular flexibility index (Phi) is 13.4. The van der Waals surface area contributed by atoms with E-state index in [1.165, 1.54) is 0 Å². The second kappa shape index (κ2) is 22.6. The molecular weight excluding hydrogens is 1110 g/mol. The minimum atomic E-state index is 0.447.